The Labute approximate surface area is 249 Å². The van der Waals surface area contributed by atoms with Crippen LogP contribution in [-0.2, 0) is 19.2 Å². The van der Waals surface area contributed by atoms with Crippen molar-refractivity contribution < 1.29 is 42.2 Å². The molecule has 2 aromatic heterocycles. The zero-order chi connectivity index (χ0) is 31.2. The second kappa shape index (κ2) is 11.3. The Hall–Kier alpha value is -4.87. The SMILES string of the molecule is COc1ccc2cc(-c3cc4c(nnn4[C@@H]4O[C@H](COS(=O)(=O)NC(=O)c5ccccc5O)[C@@H](O)[C@H]4O)c(N)n3)ccc2c1. The molecule has 3 heterocycles. The smallest absolute Gasteiger partial charge is 0.362 e. The van der Waals surface area contributed by atoms with Crippen molar-refractivity contribution in [2.24, 2.45) is 0 Å². The minimum atomic E-state index is -4.69. The number of ether oxygens (including phenoxy) is 2. The van der Waals surface area contributed by atoms with Gasteiger partial charge in [0.05, 0.1) is 30.5 Å². The molecule has 0 aliphatic carbocycles. The summed E-state index contributed by atoms with van der Waals surface area (Å²) < 4.78 is 43.5. The van der Waals surface area contributed by atoms with Crippen molar-refractivity contribution in [2.75, 3.05) is 19.5 Å². The van der Waals surface area contributed by atoms with Crippen LogP contribution in [0.1, 0.15) is 16.6 Å². The molecule has 1 aliphatic rings. The van der Waals surface area contributed by atoms with Gasteiger partial charge in [0.1, 0.15) is 29.8 Å². The first-order valence-corrected chi connectivity index (χ1v) is 14.6. The lowest BCUT2D eigenvalue weighted by Crippen LogP contribution is -2.37. The lowest BCUT2D eigenvalue weighted by atomic mass is 10.0. The molecule has 6 N–H and O–H groups in total. The summed E-state index contributed by atoms with van der Waals surface area (Å²) in [5.74, 6) is -0.769. The van der Waals surface area contributed by atoms with Gasteiger partial charge in [0.25, 0.3) is 5.91 Å². The van der Waals surface area contributed by atoms with Crippen molar-refractivity contribution in [3.63, 3.8) is 0 Å². The van der Waals surface area contributed by atoms with Crippen LogP contribution in [0.3, 0.4) is 0 Å². The number of nitrogens with zero attached hydrogens (tertiary/aromatic N) is 4. The number of anilines is 1. The van der Waals surface area contributed by atoms with E-state index in [0.29, 0.717) is 11.2 Å². The molecule has 1 aliphatic heterocycles. The summed E-state index contributed by atoms with van der Waals surface area (Å²) in [5, 5.41) is 41.2. The fraction of sp³-hybridized carbons (Fsp3) is 0.214. The third-order valence-electron chi connectivity index (χ3n) is 7.16. The number of aliphatic hydroxyl groups is 2. The Morgan fingerprint density at radius 1 is 1.07 bits per heavy atom. The van der Waals surface area contributed by atoms with E-state index in [0.717, 1.165) is 22.1 Å². The molecule has 0 unspecified atom stereocenters. The van der Waals surface area contributed by atoms with Crippen LogP contribution in [-0.4, -0.2) is 81.7 Å². The molecule has 15 nitrogen and oxygen atoms in total. The zero-order valence-corrected chi connectivity index (χ0v) is 23.7. The normalized spacial score (nSPS) is 20.2. The summed E-state index contributed by atoms with van der Waals surface area (Å²) >= 11 is 0. The van der Waals surface area contributed by atoms with E-state index < -0.39 is 53.1 Å². The number of amides is 1. The van der Waals surface area contributed by atoms with Gasteiger partial charge in [-0.25, -0.2) is 14.4 Å². The number of carbonyl (C=O) groups excluding carboxylic acids is 1. The van der Waals surface area contributed by atoms with Crippen LogP contribution in [0.5, 0.6) is 11.5 Å². The first-order chi connectivity index (χ1) is 21.0. The monoisotopic (exact) mass is 622 g/mol. The number of aliphatic hydroxyl groups excluding tert-OH is 2. The molecule has 1 fully saturated rings. The Morgan fingerprint density at radius 2 is 1.82 bits per heavy atom. The van der Waals surface area contributed by atoms with Gasteiger partial charge in [0.15, 0.2) is 17.6 Å². The summed E-state index contributed by atoms with van der Waals surface area (Å²) in [6.07, 6.45) is -5.82. The highest BCUT2D eigenvalue weighted by Gasteiger charge is 2.45. The number of para-hydroxylation sites is 1. The number of methoxy groups -OCH3 is 1. The molecule has 0 spiro atoms. The molecule has 0 radical (unpaired) electrons. The lowest BCUT2D eigenvalue weighted by Gasteiger charge is -2.16. The average Bonchev–Trinajstić information content (AvgIpc) is 3.56. The van der Waals surface area contributed by atoms with Crippen LogP contribution in [0.2, 0.25) is 0 Å². The molecule has 4 atom stereocenters. The number of nitrogen functional groups attached to an aromatic ring is 1. The highest BCUT2D eigenvalue weighted by atomic mass is 32.2. The van der Waals surface area contributed by atoms with Gasteiger partial charge in [-0.15, -0.1) is 5.10 Å². The number of carbonyl (C=O) groups is 1. The number of pyridine rings is 1. The maximum atomic E-state index is 12.4. The number of fused-ring (bicyclic) bond motifs is 2. The van der Waals surface area contributed by atoms with E-state index in [1.165, 1.54) is 28.9 Å². The Kier molecular flexibility index (Phi) is 7.52. The van der Waals surface area contributed by atoms with Crippen molar-refractivity contribution in [1.29, 1.82) is 0 Å². The number of aromatic hydroxyl groups is 1. The predicted molar refractivity (Wildman–Crippen MR) is 156 cm³/mol. The largest absolute Gasteiger partial charge is 0.507 e. The average molecular weight is 623 g/mol. The molecule has 16 heteroatoms. The first-order valence-electron chi connectivity index (χ1n) is 13.2. The summed E-state index contributed by atoms with van der Waals surface area (Å²) in [6, 6.07) is 18.3. The second-order valence-corrected chi connectivity index (χ2v) is 11.3. The van der Waals surface area contributed by atoms with Crippen molar-refractivity contribution >= 4 is 43.8 Å². The molecule has 6 rings (SSSR count). The second-order valence-electron chi connectivity index (χ2n) is 9.96. The van der Waals surface area contributed by atoms with Crippen LogP contribution >= 0.6 is 0 Å². The third-order valence-corrected chi connectivity index (χ3v) is 8.04. The molecule has 0 saturated carbocycles. The van der Waals surface area contributed by atoms with Gasteiger partial charge in [-0.3, -0.25) is 8.98 Å². The van der Waals surface area contributed by atoms with Crippen LogP contribution in [0.4, 0.5) is 5.82 Å². The Morgan fingerprint density at radius 3 is 2.59 bits per heavy atom. The lowest BCUT2D eigenvalue weighted by molar-refractivity contribution is -0.0533. The number of phenols is 1. The van der Waals surface area contributed by atoms with Crippen molar-refractivity contribution in [3.05, 3.63) is 72.3 Å². The van der Waals surface area contributed by atoms with Crippen molar-refractivity contribution in [3.8, 4) is 22.8 Å². The molecule has 1 amide bonds. The van der Waals surface area contributed by atoms with Crippen LogP contribution in [0, 0.1) is 0 Å². The number of rotatable bonds is 8. The number of nitrogens with two attached hydrogens (primary N) is 1. The molecule has 5 aromatic rings. The van der Waals surface area contributed by atoms with Crippen LogP contribution < -0.4 is 15.2 Å². The van der Waals surface area contributed by atoms with E-state index >= 15 is 0 Å². The minimum Gasteiger partial charge on any atom is -0.507 e. The van der Waals surface area contributed by atoms with Gasteiger partial charge in [0, 0.05) is 5.56 Å². The molecule has 228 valence electrons. The van der Waals surface area contributed by atoms with Crippen LogP contribution in [0.25, 0.3) is 33.1 Å². The molecular formula is C28H26N6O9S. The van der Waals surface area contributed by atoms with E-state index in [1.807, 2.05) is 36.4 Å². The summed E-state index contributed by atoms with van der Waals surface area (Å²) in [6.45, 7) is -0.762. The Balaban J connectivity index is 1.22. The maximum Gasteiger partial charge on any atom is 0.362 e. The fourth-order valence-electron chi connectivity index (χ4n) is 4.90. The number of nitrogens with one attached hydrogen (secondary N) is 1. The van der Waals surface area contributed by atoms with Gasteiger partial charge in [0.2, 0.25) is 0 Å². The van der Waals surface area contributed by atoms with Gasteiger partial charge in [-0.2, -0.15) is 8.42 Å². The van der Waals surface area contributed by atoms with Crippen molar-refractivity contribution in [2.45, 2.75) is 24.5 Å². The molecule has 44 heavy (non-hydrogen) atoms. The van der Waals surface area contributed by atoms with E-state index in [-0.39, 0.29) is 16.9 Å². The van der Waals surface area contributed by atoms with Gasteiger partial charge >= 0.3 is 10.3 Å². The number of hydrogen-bond donors (Lipinski definition) is 5. The number of hydrogen-bond acceptors (Lipinski definition) is 13. The topological polar surface area (TPSA) is 221 Å². The first kappa shape index (κ1) is 29.2. The number of benzene rings is 3. The van der Waals surface area contributed by atoms with E-state index in [4.69, 9.17) is 19.4 Å². The molecular weight excluding hydrogens is 596 g/mol. The van der Waals surface area contributed by atoms with E-state index in [2.05, 4.69) is 15.3 Å². The predicted octanol–water partition coefficient (Wildman–Crippen LogP) is 1.25. The number of phenolic OH excluding ortho intramolecular Hbond substituents is 1. The number of aromatic nitrogens is 4. The molecule has 0 bridgehead atoms. The molecule has 1 saturated heterocycles. The summed E-state index contributed by atoms with van der Waals surface area (Å²) in [7, 11) is -3.10. The van der Waals surface area contributed by atoms with Gasteiger partial charge in [-0.1, -0.05) is 35.5 Å². The van der Waals surface area contributed by atoms with Crippen LogP contribution in [0.15, 0.2) is 66.7 Å². The zero-order valence-electron chi connectivity index (χ0n) is 22.9. The standard InChI is InChI=1S/C28H26N6O9S/c1-41-17-9-8-14-10-16(7-6-15(14)11-17)19-12-20-23(26(29)30-19)31-33-34(20)28-25(37)24(36)22(43-28)13-42-44(39,40)32-27(38)18-4-2-3-5-21(18)35/h2-12,22,24-25,28,35-37H,13H2,1H3,(H2,29,30)(H,32,38)/t22-,24-,25-,28-/m1/s1. The third kappa shape index (κ3) is 5.47. The maximum absolute atomic E-state index is 12.4. The molecule has 3 aromatic carbocycles. The van der Waals surface area contributed by atoms with Crippen molar-refractivity contribution in [1.82, 2.24) is 24.7 Å². The summed E-state index contributed by atoms with van der Waals surface area (Å²) in [5.41, 5.74) is 7.68. The minimum absolute atomic E-state index is 0.0674. The van der Waals surface area contributed by atoms with Gasteiger partial charge in [-0.05, 0) is 47.2 Å². The highest BCUT2D eigenvalue weighted by molar-refractivity contribution is 7.85. The van der Waals surface area contributed by atoms with Gasteiger partial charge < -0.3 is 30.5 Å². The Bertz CT molecular complexity index is 2000. The summed E-state index contributed by atoms with van der Waals surface area (Å²) in [4.78, 5) is 16.7. The van der Waals surface area contributed by atoms with E-state index in [9.17, 15) is 28.5 Å². The quantitative estimate of drug-likeness (QED) is 0.165. The fourth-order valence-corrected chi connectivity index (χ4v) is 5.61. The highest BCUT2D eigenvalue weighted by Crippen LogP contribution is 2.34. The van der Waals surface area contributed by atoms with E-state index in [1.54, 1.807) is 17.9 Å².